The van der Waals surface area contributed by atoms with E-state index in [1.54, 1.807) is 6.07 Å². The predicted octanol–water partition coefficient (Wildman–Crippen LogP) is 5.87. The number of benzene rings is 1. The summed E-state index contributed by atoms with van der Waals surface area (Å²) in [6.45, 7) is 3.06. The quantitative estimate of drug-likeness (QED) is 0.266. The van der Waals surface area contributed by atoms with Crippen molar-refractivity contribution in [3.63, 3.8) is 0 Å². The molecule has 1 aromatic carbocycles. The number of hydrogen-bond donors (Lipinski definition) is 2. The average Bonchev–Trinajstić information content (AvgIpc) is 2.90. The molecule has 0 fully saturated rings. The summed E-state index contributed by atoms with van der Waals surface area (Å²) in [5.74, 6) is 0. The van der Waals surface area contributed by atoms with E-state index in [2.05, 4.69) is 11.9 Å². The first-order chi connectivity index (χ1) is 12.4. The van der Waals surface area contributed by atoms with Crippen LogP contribution in [0.5, 0.6) is 0 Å². The standard InChI is InChI=1S/C19H30N2O3S2/c1-2-3-4-5-6-7-8-9-10-11-14-21-18-13-12-16(26(22,23)24)15-17(18)20-19(21)25/h12-13,15H,2-11,14H2,1H3,(H,20,25)(H,22,23,24). The summed E-state index contributed by atoms with van der Waals surface area (Å²) in [6, 6.07) is 4.53. The van der Waals surface area contributed by atoms with Crippen LogP contribution in [0.1, 0.15) is 71.1 Å². The Balaban J connectivity index is 1.79. The molecule has 2 aromatic rings. The number of aromatic nitrogens is 2. The summed E-state index contributed by atoms with van der Waals surface area (Å²) in [7, 11) is -4.20. The third-order valence-electron chi connectivity index (χ3n) is 4.78. The van der Waals surface area contributed by atoms with Crippen molar-refractivity contribution < 1.29 is 13.0 Å². The lowest BCUT2D eigenvalue weighted by Gasteiger charge is -2.05. The summed E-state index contributed by atoms with van der Waals surface area (Å²) in [6.07, 6.45) is 12.8. The molecule has 7 heteroatoms. The van der Waals surface area contributed by atoms with Crippen LogP contribution in [0, 0.1) is 4.77 Å². The predicted molar refractivity (Wildman–Crippen MR) is 109 cm³/mol. The van der Waals surface area contributed by atoms with Crippen molar-refractivity contribution in [1.82, 2.24) is 9.55 Å². The zero-order chi connectivity index (χ0) is 19.0. The lowest BCUT2D eigenvalue weighted by Crippen LogP contribution is -1.99. The Labute approximate surface area is 161 Å². The van der Waals surface area contributed by atoms with E-state index >= 15 is 0 Å². The molecule has 0 unspecified atom stereocenters. The highest BCUT2D eigenvalue weighted by atomic mass is 32.2. The van der Waals surface area contributed by atoms with Crippen LogP contribution in [0.2, 0.25) is 0 Å². The van der Waals surface area contributed by atoms with Gasteiger partial charge in [-0.25, -0.2) is 0 Å². The van der Waals surface area contributed by atoms with Gasteiger partial charge < -0.3 is 9.55 Å². The lowest BCUT2D eigenvalue weighted by atomic mass is 10.1. The van der Waals surface area contributed by atoms with Crippen molar-refractivity contribution in [3.05, 3.63) is 23.0 Å². The Morgan fingerprint density at radius 3 is 2.15 bits per heavy atom. The van der Waals surface area contributed by atoms with Gasteiger partial charge in [0.05, 0.1) is 15.9 Å². The minimum atomic E-state index is -4.20. The van der Waals surface area contributed by atoms with E-state index < -0.39 is 10.1 Å². The molecular weight excluding hydrogens is 368 g/mol. The molecular formula is C19H30N2O3S2. The first kappa shape index (κ1) is 21.1. The molecule has 0 aliphatic rings. The maximum Gasteiger partial charge on any atom is 0.294 e. The van der Waals surface area contributed by atoms with Gasteiger partial charge in [-0.2, -0.15) is 8.42 Å². The molecule has 0 bridgehead atoms. The van der Waals surface area contributed by atoms with Crippen molar-refractivity contribution in [2.24, 2.45) is 0 Å². The molecule has 0 radical (unpaired) electrons. The van der Waals surface area contributed by atoms with Crippen LogP contribution < -0.4 is 0 Å². The number of aromatic amines is 1. The van der Waals surface area contributed by atoms with E-state index in [4.69, 9.17) is 16.8 Å². The second-order valence-electron chi connectivity index (χ2n) is 6.92. The Hall–Kier alpha value is -1.18. The van der Waals surface area contributed by atoms with Crippen molar-refractivity contribution in [2.75, 3.05) is 0 Å². The molecule has 2 N–H and O–H groups in total. The first-order valence-electron chi connectivity index (χ1n) is 9.63. The zero-order valence-corrected chi connectivity index (χ0v) is 17.2. The molecule has 0 atom stereocenters. The largest absolute Gasteiger partial charge is 0.331 e. The zero-order valence-electron chi connectivity index (χ0n) is 15.5. The second kappa shape index (κ2) is 10.2. The maximum atomic E-state index is 11.2. The minimum Gasteiger partial charge on any atom is -0.331 e. The molecule has 1 heterocycles. The number of rotatable bonds is 12. The molecule has 1 aromatic heterocycles. The highest BCUT2D eigenvalue weighted by Gasteiger charge is 2.12. The van der Waals surface area contributed by atoms with Crippen LogP contribution in [0.25, 0.3) is 11.0 Å². The number of unbranched alkanes of at least 4 members (excludes halogenated alkanes) is 9. The van der Waals surface area contributed by atoms with Crippen LogP contribution in [-0.4, -0.2) is 22.5 Å². The number of nitrogens with zero attached hydrogens (tertiary/aromatic N) is 1. The Bertz CT molecular complexity index is 853. The molecule has 0 amide bonds. The van der Waals surface area contributed by atoms with Crippen LogP contribution in [-0.2, 0) is 16.7 Å². The van der Waals surface area contributed by atoms with Crippen molar-refractivity contribution in [2.45, 2.75) is 82.6 Å². The van der Waals surface area contributed by atoms with E-state index in [-0.39, 0.29) is 4.90 Å². The fraction of sp³-hybridized carbons (Fsp3) is 0.632. The summed E-state index contributed by atoms with van der Waals surface area (Å²) < 4.78 is 34.2. The van der Waals surface area contributed by atoms with Gasteiger partial charge in [0.2, 0.25) is 0 Å². The van der Waals surface area contributed by atoms with Gasteiger partial charge in [0, 0.05) is 6.54 Å². The van der Waals surface area contributed by atoms with Crippen LogP contribution in [0.4, 0.5) is 0 Å². The van der Waals surface area contributed by atoms with Crippen molar-refractivity contribution in [1.29, 1.82) is 0 Å². The maximum absolute atomic E-state index is 11.2. The van der Waals surface area contributed by atoms with Crippen LogP contribution in [0.15, 0.2) is 23.1 Å². The SMILES string of the molecule is CCCCCCCCCCCCn1c(=S)[nH]c2cc(S(=O)(=O)O)ccc21. The van der Waals surface area contributed by atoms with E-state index in [1.807, 2.05) is 4.57 Å². The number of H-pyrrole nitrogens is 1. The smallest absolute Gasteiger partial charge is 0.294 e. The molecule has 0 saturated carbocycles. The third-order valence-corrected chi connectivity index (χ3v) is 5.95. The van der Waals surface area contributed by atoms with Crippen molar-refractivity contribution in [3.8, 4) is 0 Å². The highest BCUT2D eigenvalue weighted by molar-refractivity contribution is 7.85. The number of hydrogen-bond acceptors (Lipinski definition) is 3. The van der Waals surface area contributed by atoms with E-state index in [9.17, 15) is 8.42 Å². The number of fused-ring (bicyclic) bond motifs is 1. The lowest BCUT2D eigenvalue weighted by molar-refractivity contribution is 0.483. The molecule has 0 aliphatic carbocycles. The molecule has 146 valence electrons. The minimum absolute atomic E-state index is 0.118. The van der Waals surface area contributed by atoms with E-state index in [0.29, 0.717) is 10.3 Å². The monoisotopic (exact) mass is 398 g/mol. The Morgan fingerprint density at radius 2 is 1.58 bits per heavy atom. The third kappa shape index (κ3) is 6.21. The summed E-state index contributed by atoms with van der Waals surface area (Å²) in [5, 5.41) is 0. The van der Waals surface area contributed by atoms with E-state index in [0.717, 1.165) is 18.5 Å². The first-order valence-corrected chi connectivity index (χ1v) is 11.5. The summed E-state index contributed by atoms with van der Waals surface area (Å²) >= 11 is 5.36. The van der Waals surface area contributed by atoms with Gasteiger partial charge in [-0.15, -0.1) is 0 Å². The summed E-state index contributed by atoms with van der Waals surface area (Å²) in [4.78, 5) is 2.91. The van der Waals surface area contributed by atoms with Crippen LogP contribution in [0.3, 0.4) is 0 Å². The number of nitrogens with one attached hydrogen (secondary N) is 1. The second-order valence-corrected chi connectivity index (χ2v) is 8.73. The van der Waals surface area contributed by atoms with Gasteiger partial charge in [-0.1, -0.05) is 64.7 Å². The van der Waals surface area contributed by atoms with Gasteiger partial charge in [0.15, 0.2) is 4.77 Å². The molecule has 0 saturated heterocycles. The average molecular weight is 399 g/mol. The van der Waals surface area contributed by atoms with Gasteiger partial charge in [-0.05, 0) is 36.8 Å². The van der Waals surface area contributed by atoms with Gasteiger partial charge in [-0.3, -0.25) is 4.55 Å². The van der Waals surface area contributed by atoms with Gasteiger partial charge in [0.25, 0.3) is 10.1 Å². The van der Waals surface area contributed by atoms with Crippen LogP contribution >= 0.6 is 12.2 Å². The molecule has 0 aliphatic heterocycles. The highest BCUT2D eigenvalue weighted by Crippen LogP contribution is 2.20. The van der Waals surface area contributed by atoms with Gasteiger partial charge >= 0.3 is 0 Å². The fourth-order valence-corrected chi connectivity index (χ4v) is 4.09. The Kier molecular flexibility index (Phi) is 8.31. The van der Waals surface area contributed by atoms with E-state index in [1.165, 1.54) is 69.9 Å². The molecule has 5 nitrogen and oxygen atoms in total. The normalized spacial score (nSPS) is 12.1. The molecule has 26 heavy (non-hydrogen) atoms. The fourth-order valence-electron chi connectivity index (χ4n) is 3.28. The summed E-state index contributed by atoms with van der Waals surface area (Å²) in [5.41, 5.74) is 1.51. The molecule has 2 rings (SSSR count). The molecule has 0 spiro atoms. The topological polar surface area (TPSA) is 75.1 Å². The number of aryl methyl sites for hydroxylation is 1. The number of imidazole rings is 1. The van der Waals surface area contributed by atoms with Crippen molar-refractivity contribution >= 4 is 33.4 Å². The van der Waals surface area contributed by atoms with Gasteiger partial charge in [0.1, 0.15) is 0 Å². The Morgan fingerprint density at radius 1 is 1.00 bits per heavy atom.